The summed E-state index contributed by atoms with van der Waals surface area (Å²) in [5, 5.41) is 0. The fourth-order valence-electron chi connectivity index (χ4n) is 2.73. The Bertz CT molecular complexity index is 734. The van der Waals surface area contributed by atoms with Gasteiger partial charge in [0.25, 0.3) is 0 Å². The Morgan fingerprint density at radius 1 is 1.04 bits per heavy atom. The molecule has 0 aliphatic carbocycles. The molecule has 0 aliphatic heterocycles. The van der Waals surface area contributed by atoms with Crippen molar-refractivity contribution in [3.8, 4) is 5.95 Å². The molecule has 3 heterocycles. The van der Waals surface area contributed by atoms with Gasteiger partial charge in [-0.2, -0.15) is 0 Å². The largest absolute Gasteiger partial charge is 0.468 e. The molecule has 0 amide bonds. The van der Waals surface area contributed by atoms with E-state index in [-0.39, 0.29) is 0 Å². The van der Waals surface area contributed by atoms with E-state index in [0.29, 0.717) is 17.9 Å². The van der Waals surface area contributed by atoms with Crippen LogP contribution in [-0.4, -0.2) is 25.5 Å². The summed E-state index contributed by atoms with van der Waals surface area (Å²) < 4.78 is 7.60. The molecule has 1 atom stereocenters. The van der Waals surface area contributed by atoms with Gasteiger partial charge in [-0.05, 0) is 43.2 Å². The minimum absolute atomic E-state index is 0.426. The lowest BCUT2D eigenvalue weighted by molar-refractivity contribution is 0.138. The second-order valence-electron chi connectivity index (χ2n) is 6.39. The fraction of sp³-hybridized carbons (Fsp3) is 0.368. The van der Waals surface area contributed by atoms with Gasteiger partial charge < -0.3 is 4.42 Å². The van der Waals surface area contributed by atoms with Gasteiger partial charge in [-0.3, -0.25) is 9.47 Å². The van der Waals surface area contributed by atoms with Crippen LogP contribution in [0.3, 0.4) is 0 Å². The first kappa shape index (κ1) is 16.5. The van der Waals surface area contributed by atoms with Gasteiger partial charge >= 0.3 is 0 Å². The molecule has 0 radical (unpaired) electrons. The average molecular weight is 324 g/mol. The van der Waals surface area contributed by atoms with E-state index in [2.05, 4.69) is 41.7 Å². The topological polar surface area (TPSA) is 47.1 Å². The second-order valence-corrected chi connectivity index (χ2v) is 6.39. The Labute approximate surface area is 143 Å². The number of aromatic nitrogens is 3. The zero-order valence-electron chi connectivity index (χ0n) is 14.5. The summed E-state index contributed by atoms with van der Waals surface area (Å²) in [5.41, 5.74) is 1.17. The Kier molecular flexibility index (Phi) is 5.11. The molecule has 0 aromatic carbocycles. The predicted octanol–water partition coefficient (Wildman–Crippen LogP) is 3.91. The first-order valence-electron chi connectivity index (χ1n) is 8.35. The van der Waals surface area contributed by atoms with Gasteiger partial charge in [0.05, 0.1) is 12.8 Å². The van der Waals surface area contributed by atoms with Crippen molar-refractivity contribution in [1.29, 1.82) is 0 Å². The quantitative estimate of drug-likeness (QED) is 0.661. The number of rotatable bonds is 7. The van der Waals surface area contributed by atoms with E-state index in [1.807, 2.05) is 35.0 Å². The van der Waals surface area contributed by atoms with Crippen LogP contribution in [0.2, 0.25) is 0 Å². The van der Waals surface area contributed by atoms with Gasteiger partial charge in [0.2, 0.25) is 5.95 Å². The molecule has 0 spiro atoms. The van der Waals surface area contributed by atoms with Gasteiger partial charge in [0.1, 0.15) is 5.76 Å². The van der Waals surface area contributed by atoms with E-state index < -0.39 is 0 Å². The molecule has 126 valence electrons. The summed E-state index contributed by atoms with van der Waals surface area (Å²) in [6.07, 6.45) is 7.27. The minimum atomic E-state index is 0.426. The molecule has 0 N–H and O–H groups in total. The van der Waals surface area contributed by atoms with Crippen molar-refractivity contribution in [2.45, 2.75) is 39.9 Å². The molecule has 3 aromatic rings. The Morgan fingerprint density at radius 2 is 1.83 bits per heavy atom. The van der Waals surface area contributed by atoms with Crippen molar-refractivity contribution >= 4 is 0 Å². The first-order valence-corrected chi connectivity index (χ1v) is 8.35. The van der Waals surface area contributed by atoms with Crippen LogP contribution < -0.4 is 0 Å². The first-order chi connectivity index (χ1) is 11.6. The third-order valence-corrected chi connectivity index (χ3v) is 4.45. The van der Waals surface area contributed by atoms with Crippen LogP contribution in [0, 0.1) is 5.92 Å². The van der Waals surface area contributed by atoms with E-state index in [1.165, 1.54) is 5.69 Å². The summed E-state index contributed by atoms with van der Waals surface area (Å²) in [6, 6.07) is 10.4. The number of nitrogens with zero attached hydrogens (tertiary/aromatic N) is 4. The monoisotopic (exact) mass is 324 g/mol. The minimum Gasteiger partial charge on any atom is -0.468 e. The Morgan fingerprint density at radius 3 is 2.50 bits per heavy atom. The van der Waals surface area contributed by atoms with Crippen molar-refractivity contribution in [3.05, 3.63) is 66.6 Å². The van der Waals surface area contributed by atoms with Crippen LogP contribution in [-0.2, 0) is 13.1 Å². The van der Waals surface area contributed by atoms with Gasteiger partial charge in [-0.15, -0.1) is 0 Å². The third-order valence-electron chi connectivity index (χ3n) is 4.45. The summed E-state index contributed by atoms with van der Waals surface area (Å²) in [4.78, 5) is 11.1. The van der Waals surface area contributed by atoms with Crippen LogP contribution in [0.1, 0.15) is 32.2 Å². The highest BCUT2D eigenvalue weighted by Crippen LogP contribution is 2.19. The number of hydrogen-bond acceptors (Lipinski definition) is 4. The zero-order valence-corrected chi connectivity index (χ0v) is 14.5. The summed E-state index contributed by atoms with van der Waals surface area (Å²) >= 11 is 0. The lowest BCUT2D eigenvalue weighted by Gasteiger charge is -2.31. The van der Waals surface area contributed by atoms with Gasteiger partial charge in [-0.1, -0.05) is 13.8 Å². The zero-order chi connectivity index (χ0) is 16.9. The molecule has 0 saturated heterocycles. The van der Waals surface area contributed by atoms with Gasteiger partial charge in [-0.25, -0.2) is 9.97 Å². The molecular formula is C19H24N4O. The van der Waals surface area contributed by atoms with Crippen molar-refractivity contribution in [2.75, 3.05) is 0 Å². The molecular weight excluding hydrogens is 300 g/mol. The molecule has 3 aromatic heterocycles. The molecule has 0 fully saturated rings. The third kappa shape index (κ3) is 3.74. The second kappa shape index (κ2) is 7.45. The fourth-order valence-corrected chi connectivity index (χ4v) is 2.73. The van der Waals surface area contributed by atoms with E-state index in [4.69, 9.17) is 4.42 Å². The maximum atomic E-state index is 5.55. The van der Waals surface area contributed by atoms with Crippen LogP contribution in [0.4, 0.5) is 0 Å². The molecule has 0 bridgehead atoms. The molecule has 5 heteroatoms. The average Bonchev–Trinajstić information content (AvgIpc) is 3.26. The molecule has 0 aliphatic rings. The van der Waals surface area contributed by atoms with E-state index >= 15 is 0 Å². The van der Waals surface area contributed by atoms with E-state index in [1.54, 1.807) is 18.7 Å². The smallest absolute Gasteiger partial charge is 0.233 e. The SMILES string of the molecule is CC(C)[C@H](C)N(Cc1ccco1)Cc1cccn1-c1ncccn1. The number of hydrogen-bond donors (Lipinski definition) is 0. The predicted molar refractivity (Wildman–Crippen MR) is 93.6 cm³/mol. The Hall–Kier alpha value is -2.40. The van der Waals surface area contributed by atoms with E-state index in [9.17, 15) is 0 Å². The van der Waals surface area contributed by atoms with Crippen molar-refractivity contribution in [1.82, 2.24) is 19.4 Å². The van der Waals surface area contributed by atoms with E-state index in [0.717, 1.165) is 18.8 Å². The van der Waals surface area contributed by atoms with Crippen LogP contribution in [0.5, 0.6) is 0 Å². The lowest BCUT2D eigenvalue weighted by atomic mass is 10.0. The molecule has 5 nitrogen and oxygen atoms in total. The normalized spacial score (nSPS) is 12.9. The van der Waals surface area contributed by atoms with Crippen LogP contribution in [0.15, 0.2) is 59.6 Å². The summed E-state index contributed by atoms with van der Waals surface area (Å²) in [6.45, 7) is 8.36. The molecule has 0 saturated carbocycles. The van der Waals surface area contributed by atoms with Crippen molar-refractivity contribution < 1.29 is 4.42 Å². The molecule has 24 heavy (non-hydrogen) atoms. The molecule has 3 rings (SSSR count). The Balaban J connectivity index is 1.84. The summed E-state index contributed by atoms with van der Waals surface area (Å²) in [5.74, 6) is 2.24. The van der Waals surface area contributed by atoms with Crippen molar-refractivity contribution in [2.24, 2.45) is 5.92 Å². The van der Waals surface area contributed by atoms with Crippen LogP contribution >= 0.6 is 0 Å². The molecule has 0 unspecified atom stereocenters. The summed E-state index contributed by atoms with van der Waals surface area (Å²) in [7, 11) is 0. The highest BCUT2D eigenvalue weighted by molar-refractivity contribution is 5.20. The van der Waals surface area contributed by atoms with Gasteiger partial charge in [0.15, 0.2) is 0 Å². The highest BCUT2D eigenvalue weighted by Gasteiger charge is 2.20. The maximum absolute atomic E-state index is 5.55. The number of furan rings is 1. The van der Waals surface area contributed by atoms with Crippen molar-refractivity contribution in [3.63, 3.8) is 0 Å². The lowest BCUT2D eigenvalue weighted by Crippen LogP contribution is -2.36. The van der Waals surface area contributed by atoms with Gasteiger partial charge in [0, 0.05) is 36.9 Å². The highest BCUT2D eigenvalue weighted by atomic mass is 16.3. The van der Waals surface area contributed by atoms with Crippen LogP contribution in [0.25, 0.3) is 5.95 Å². The standard InChI is InChI=1S/C19H24N4O/c1-15(2)16(3)22(14-18-8-5-12-24-18)13-17-7-4-11-23(17)19-20-9-6-10-21-19/h4-12,15-16H,13-14H2,1-3H3/t16-/m0/s1. The maximum Gasteiger partial charge on any atom is 0.233 e.